The minimum Gasteiger partial charge on any atom is -0.490 e. The van der Waals surface area contributed by atoms with Crippen LogP contribution in [0.1, 0.15) is 28.8 Å². The second-order valence-electron chi connectivity index (χ2n) is 4.91. The molecule has 1 aliphatic carbocycles. The minimum atomic E-state index is -0.0536. The Morgan fingerprint density at radius 2 is 1.85 bits per heavy atom. The maximum absolute atomic E-state index is 12.4. The molecule has 102 valence electrons. The number of rotatable bonds is 4. The van der Waals surface area contributed by atoms with E-state index in [1.807, 2.05) is 12.1 Å². The predicted octanol–water partition coefficient (Wildman–Crippen LogP) is 3.80. The summed E-state index contributed by atoms with van der Waals surface area (Å²) in [6, 6.07) is 12.5. The van der Waals surface area contributed by atoms with E-state index < -0.39 is 0 Å². The lowest BCUT2D eigenvalue weighted by Crippen LogP contribution is -2.04. The van der Waals surface area contributed by atoms with Crippen molar-refractivity contribution in [3.05, 3.63) is 58.1 Å². The molecule has 0 amide bonds. The quantitative estimate of drug-likeness (QED) is 0.684. The van der Waals surface area contributed by atoms with Gasteiger partial charge in [0.1, 0.15) is 5.75 Å². The average Bonchev–Trinajstić information content (AvgIpc) is 3.26. The lowest BCUT2D eigenvalue weighted by Gasteiger charge is -2.07. The summed E-state index contributed by atoms with van der Waals surface area (Å²) in [4.78, 5) is 12.4. The number of anilines is 1. The van der Waals surface area contributed by atoms with E-state index >= 15 is 0 Å². The van der Waals surface area contributed by atoms with E-state index in [1.54, 1.807) is 30.3 Å². The summed E-state index contributed by atoms with van der Waals surface area (Å²) < 4.78 is 6.41. The zero-order valence-corrected chi connectivity index (χ0v) is 12.4. The number of ether oxygens (including phenoxy) is 1. The van der Waals surface area contributed by atoms with Crippen LogP contribution in [0.4, 0.5) is 5.69 Å². The summed E-state index contributed by atoms with van der Waals surface area (Å²) in [5, 5.41) is 0. The Kier molecular flexibility index (Phi) is 3.49. The normalized spacial score (nSPS) is 14.1. The van der Waals surface area contributed by atoms with Gasteiger partial charge in [-0.25, -0.2) is 0 Å². The highest BCUT2D eigenvalue weighted by molar-refractivity contribution is 9.10. The second kappa shape index (κ2) is 5.29. The van der Waals surface area contributed by atoms with Crippen molar-refractivity contribution in [1.29, 1.82) is 0 Å². The van der Waals surface area contributed by atoms with Gasteiger partial charge in [0.2, 0.25) is 0 Å². The summed E-state index contributed by atoms with van der Waals surface area (Å²) in [6.45, 7) is 0. The lowest BCUT2D eigenvalue weighted by molar-refractivity contribution is 0.103. The van der Waals surface area contributed by atoms with Crippen LogP contribution >= 0.6 is 15.9 Å². The maximum Gasteiger partial charge on any atom is 0.194 e. The molecule has 1 saturated carbocycles. The van der Waals surface area contributed by atoms with Crippen molar-refractivity contribution >= 4 is 27.4 Å². The molecule has 0 bridgehead atoms. The van der Waals surface area contributed by atoms with E-state index in [0.717, 1.165) is 23.1 Å². The van der Waals surface area contributed by atoms with Crippen LogP contribution in [0.25, 0.3) is 0 Å². The summed E-state index contributed by atoms with van der Waals surface area (Å²) in [5.74, 6) is 0.762. The van der Waals surface area contributed by atoms with E-state index in [-0.39, 0.29) is 5.78 Å². The van der Waals surface area contributed by atoms with Crippen molar-refractivity contribution in [2.75, 3.05) is 5.73 Å². The molecule has 0 unspecified atom stereocenters. The number of benzene rings is 2. The van der Waals surface area contributed by atoms with E-state index in [9.17, 15) is 4.79 Å². The summed E-state index contributed by atoms with van der Waals surface area (Å²) in [6.07, 6.45) is 2.60. The van der Waals surface area contributed by atoms with Crippen molar-refractivity contribution in [2.24, 2.45) is 0 Å². The van der Waals surface area contributed by atoms with Crippen LogP contribution in [0, 0.1) is 0 Å². The topological polar surface area (TPSA) is 52.3 Å². The van der Waals surface area contributed by atoms with E-state index in [1.165, 1.54) is 0 Å². The SMILES string of the molecule is Nc1ccc(Br)c(C(=O)c2ccc(OC3CC3)cc2)c1. The van der Waals surface area contributed by atoms with Gasteiger partial charge >= 0.3 is 0 Å². The number of nitrogens with two attached hydrogens (primary N) is 1. The Labute approximate surface area is 125 Å². The highest BCUT2D eigenvalue weighted by Crippen LogP contribution is 2.28. The van der Waals surface area contributed by atoms with Crippen molar-refractivity contribution < 1.29 is 9.53 Å². The molecule has 4 heteroatoms. The van der Waals surface area contributed by atoms with Gasteiger partial charge in [0.25, 0.3) is 0 Å². The zero-order valence-electron chi connectivity index (χ0n) is 10.8. The first-order valence-electron chi connectivity index (χ1n) is 6.50. The highest BCUT2D eigenvalue weighted by Gasteiger charge is 2.23. The first kappa shape index (κ1) is 13.2. The number of ketones is 1. The smallest absolute Gasteiger partial charge is 0.194 e. The first-order chi connectivity index (χ1) is 9.63. The van der Waals surface area contributed by atoms with Crippen LogP contribution in [-0.2, 0) is 0 Å². The molecule has 0 aliphatic heterocycles. The first-order valence-corrected chi connectivity index (χ1v) is 7.29. The highest BCUT2D eigenvalue weighted by atomic mass is 79.9. The zero-order chi connectivity index (χ0) is 14.1. The van der Waals surface area contributed by atoms with Gasteiger partial charge in [-0.2, -0.15) is 0 Å². The molecule has 3 rings (SSSR count). The number of hydrogen-bond donors (Lipinski definition) is 1. The Hall–Kier alpha value is -1.81. The van der Waals surface area contributed by atoms with E-state index in [4.69, 9.17) is 10.5 Å². The molecule has 2 N–H and O–H groups in total. The van der Waals surface area contributed by atoms with Crippen molar-refractivity contribution in [3.63, 3.8) is 0 Å². The summed E-state index contributed by atoms with van der Waals surface area (Å²) in [7, 11) is 0. The van der Waals surface area contributed by atoms with Crippen LogP contribution < -0.4 is 10.5 Å². The number of nitrogen functional groups attached to an aromatic ring is 1. The lowest BCUT2D eigenvalue weighted by atomic mass is 10.0. The fraction of sp³-hybridized carbons (Fsp3) is 0.188. The number of halogens is 1. The van der Waals surface area contributed by atoms with Gasteiger partial charge in [-0.1, -0.05) is 15.9 Å². The third-order valence-corrected chi connectivity index (χ3v) is 3.87. The summed E-state index contributed by atoms with van der Waals surface area (Å²) in [5.41, 5.74) is 7.51. The Bertz CT molecular complexity index is 648. The molecule has 1 aliphatic rings. The third kappa shape index (κ3) is 2.85. The molecule has 2 aromatic rings. The summed E-state index contributed by atoms with van der Waals surface area (Å²) >= 11 is 3.38. The largest absolute Gasteiger partial charge is 0.490 e. The molecule has 0 radical (unpaired) electrons. The van der Waals surface area contributed by atoms with Crippen LogP contribution in [0.2, 0.25) is 0 Å². The standard InChI is InChI=1S/C16H14BrNO2/c17-15-8-3-11(18)9-14(15)16(19)10-1-4-12(5-2-10)20-13-6-7-13/h1-5,8-9,13H,6-7,18H2. The molecule has 0 heterocycles. The van der Waals surface area contributed by atoms with Crippen LogP contribution in [0.15, 0.2) is 46.9 Å². The van der Waals surface area contributed by atoms with E-state index in [0.29, 0.717) is 22.9 Å². The Morgan fingerprint density at radius 1 is 1.15 bits per heavy atom. The molecule has 0 aromatic heterocycles. The fourth-order valence-corrected chi connectivity index (χ4v) is 2.36. The molecular formula is C16H14BrNO2. The van der Waals surface area contributed by atoms with Crippen molar-refractivity contribution in [2.45, 2.75) is 18.9 Å². The van der Waals surface area contributed by atoms with E-state index in [2.05, 4.69) is 15.9 Å². The van der Waals surface area contributed by atoms with Gasteiger partial charge in [0, 0.05) is 21.3 Å². The minimum absolute atomic E-state index is 0.0536. The monoisotopic (exact) mass is 331 g/mol. The van der Waals surface area contributed by atoms with Crippen molar-refractivity contribution in [3.8, 4) is 5.75 Å². The predicted molar refractivity (Wildman–Crippen MR) is 82.1 cm³/mol. The fourth-order valence-electron chi connectivity index (χ4n) is 1.94. The van der Waals surface area contributed by atoms with Gasteiger partial charge in [0.05, 0.1) is 6.10 Å². The van der Waals surface area contributed by atoms with Crippen molar-refractivity contribution in [1.82, 2.24) is 0 Å². The van der Waals surface area contributed by atoms with Crippen LogP contribution in [0.3, 0.4) is 0 Å². The Morgan fingerprint density at radius 3 is 2.50 bits per heavy atom. The molecule has 0 spiro atoms. The molecule has 3 nitrogen and oxygen atoms in total. The second-order valence-corrected chi connectivity index (χ2v) is 5.76. The molecule has 20 heavy (non-hydrogen) atoms. The molecular weight excluding hydrogens is 318 g/mol. The van der Waals surface area contributed by atoms with Gasteiger partial charge < -0.3 is 10.5 Å². The molecule has 0 saturated heterocycles. The Balaban J connectivity index is 1.83. The van der Waals surface area contributed by atoms with Gasteiger partial charge in [-0.3, -0.25) is 4.79 Å². The molecule has 1 fully saturated rings. The number of carbonyl (C=O) groups excluding carboxylic acids is 1. The van der Waals surface area contributed by atoms with Gasteiger partial charge in [0.15, 0.2) is 5.78 Å². The van der Waals surface area contributed by atoms with Gasteiger partial charge in [-0.05, 0) is 55.3 Å². The number of carbonyl (C=O) groups is 1. The maximum atomic E-state index is 12.4. The van der Waals surface area contributed by atoms with Gasteiger partial charge in [-0.15, -0.1) is 0 Å². The molecule has 2 aromatic carbocycles. The average molecular weight is 332 g/mol. The van der Waals surface area contributed by atoms with Crippen LogP contribution in [-0.4, -0.2) is 11.9 Å². The molecule has 0 atom stereocenters. The number of hydrogen-bond acceptors (Lipinski definition) is 3. The third-order valence-electron chi connectivity index (χ3n) is 3.18. The van der Waals surface area contributed by atoms with Crippen LogP contribution in [0.5, 0.6) is 5.75 Å².